The van der Waals surface area contributed by atoms with Gasteiger partial charge in [0.05, 0.1) is 6.10 Å². The van der Waals surface area contributed by atoms with Crippen LogP contribution in [0.4, 0.5) is 22.0 Å². The lowest BCUT2D eigenvalue weighted by Crippen LogP contribution is -2.36. The molecule has 1 fully saturated rings. The molecule has 1 unspecified atom stereocenters. The summed E-state index contributed by atoms with van der Waals surface area (Å²) in [5.74, 6) is -4.54. The first-order valence-corrected chi connectivity index (χ1v) is 13.5. The average Bonchev–Trinajstić information content (AvgIpc) is 2.77. The Hall–Kier alpha value is -0.430. The molecule has 0 bridgehead atoms. The van der Waals surface area contributed by atoms with Gasteiger partial charge in [-0.2, -0.15) is 22.0 Å². The van der Waals surface area contributed by atoms with Gasteiger partial charge in [-0.15, -0.1) is 0 Å². The molecule has 0 amide bonds. The van der Waals surface area contributed by atoms with E-state index in [0.717, 1.165) is 58.3 Å². The molecule has 7 heteroatoms. The van der Waals surface area contributed by atoms with Crippen LogP contribution in [0.3, 0.4) is 0 Å². The monoisotopic (exact) mass is 486 g/mol. The molecule has 1 atom stereocenters. The van der Waals surface area contributed by atoms with Crippen LogP contribution in [0.2, 0.25) is 0 Å². The van der Waals surface area contributed by atoms with E-state index in [0.29, 0.717) is 12.5 Å². The highest BCUT2D eigenvalue weighted by Crippen LogP contribution is 2.39. The Morgan fingerprint density at radius 2 is 1.09 bits per heavy atom. The maximum absolute atomic E-state index is 12.8. The van der Waals surface area contributed by atoms with E-state index in [4.69, 9.17) is 9.47 Å². The summed E-state index contributed by atoms with van der Waals surface area (Å²) in [5, 5.41) is 0. The van der Waals surface area contributed by atoms with Crippen molar-refractivity contribution in [3.05, 3.63) is 0 Å². The summed E-state index contributed by atoms with van der Waals surface area (Å²) in [6.45, 7) is 2.61. The van der Waals surface area contributed by atoms with Crippen LogP contribution in [0, 0.1) is 0 Å². The first kappa shape index (κ1) is 30.6. The third-order valence-electron chi connectivity index (χ3n) is 6.55. The van der Waals surface area contributed by atoms with Gasteiger partial charge in [-0.1, -0.05) is 83.5 Å². The van der Waals surface area contributed by atoms with Crippen LogP contribution < -0.4 is 0 Å². The molecular weight excluding hydrogens is 439 g/mol. The predicted octanol–water partition coefficient (Wildman–Crippen LogP) is 9.40. The van der Waals surface area contributed by atoms with E-state index in [1.54, 1.807) is 0 Å². The van der Waals surface area contributed by atoms with Crippen LogP contribution in [-0.4, -0.2) is 38.0 Å². The van der Waals surface area contributed by atoms with Crippen molar-refractivity contribution >= 4 is 0 Å². The molecule has 0 radical (unpaired) electrons. The minimum atomic E-state index is -5.41. The first-order chi connectivity index (χ1) is 15.8. The number of alkyl halides is 5. The molecule has 0 aromatic carbocycles. The van der Waals surface area contributed by atoms with E-state index >= 15 is 0 Å². The topological polar surface area (TPSA) is 18.5 Å². The zero-order valence-electron chi connectivity index (χ0n) is 20.5. The molecule has 1 rings (SSSR count). The standard InChI is InChI=1S/C26H47F5O2/c27-25(28,26(29,30)31)20-15-12-10-8-6-4-2-1-3-5-7-9-11-13-16-21-32-23-19-24-18-14-17-22-33-24/h24H,1-23H2. The van der Waals surface area contributed by atoms with Crippen LogP contribution in [0.25, 0.3) is 0 Å². The van der Waals surface area contributed by atoms with Crippen molar-refractivity contribution in [3.8, 4) is 0 Å². The number of rotatable bonds is 21. The Bertz CT molecular complexity index is 437. The number of unbranched alkanes of at least 4 members (excludes halogenated alkanes) is 14. The molecular formula is C26H47F5O2. The normalized spacial score (nSPS) is 17.5. The lowest BCUT2D eigenvalue weighted by Gasteiger charge is -2.22. The lowest BCUT2D eigenvalue weighted by molar-refractivity contribution is -0.284. The fraction of sp³-hybridized carbons (Fsp3) is 1.00. The van der Waals surface area contributed by atoms with Crippen molar-refractivity contribution in [1.82, 2.24) is 0 Å². The smallest absolute Gasteiger partial charge is 0.381 e. The van der Waals surface area contributed by atoms with Gasteiger partial charge in [0.1, 0.15) is 0 Å². The third kappa shape index (κ3) is 16.8. The van der Waals surface area contributed by atoms with Crippen molar-refractivity contribution in [3.63, 3.8) is 0 Å². The van der Waals surface area contributed by atoms with Gasteiger partial charge in [0, 0.05) is 26.2 Å². The van der Waals surface area contributed by atoms with Crippen LogP contribution in [-0.2, 0) is 9.47 Å². The van der Waals surface area contributed by atoms with Gasteiger partial charge in [-0.3, -0.25) is 0 Å². The summed E-state index contributed by atoms with van der Waals surface area (Å²) in [6, 6.07) is 0. The van der Waals surface area contributed by atoms with Gasteiger partial charge in [-0.05, 0) is 38.5 Å². The molecule has 0 saturated carbocycles. The summed E-state index contributed by atoms with van der Waals surface area (Å²) in [4.78, 5) is 0. The predicted molar refractivity (Wildman–Crippen MR) is 124 cm³/mol. The molecule has 0 spiro atoms. The average molecular weight is 487 g/mol. The van der Waals surface area contributed by atoms with E-state index in [1.165, 1.54) is 70.6 Å². The van der Waals surface area contributed by atoms with Crippen LogP contribution in [0.5, 0.6) is 0 Å². The largest absolute Gasteiger partial charge is 0.453 e. The van der Waals surface area contributed by atoms with E-state index in [9.17, 15) is 22.0 Å². The Morgan fingerprint density at radius 1 is 0.606 bits per heavy atom. The summed E-state index contributed by atoms with van der Waals surface area (Å²) >= 11 is 0. The van der Waals surface area contributed by atoms with Crippen molar-refractivity contribution in [1.29, 1.82) is 0 Å². The Balaban J connectivity index is 1.70. The van der Waals surface area contributed by atoms with Crippen molar-refractivity contribution in [2.45, 2.75) is 147 Å². The van der Waals surface area contributed by atoms with Crippen LogP contribution >= 0.6 is 0 Å². The molecule has 0 N–H and O–H groups in total. The highest BCUT2D eigenvalue weighted by Gasteiger charge is 2.56. The molecule has 0 aromatic rings. The first-order valence-electron chi connectivity index (χ1n) is 13.5. The molecule has 1 aliphatic rings. The zero-order chi connectivity index (χ0) is 24.3. The Morgan fingerprint density at radius 3 is 1.55 bits per heavy atom. The third-order valence-corrected chi connectivity index (χ3v) is 6.55. The molecule has 2 nitrogen and oxygen atoms in total. The quantitative estimate of drug-likeness (QED) is 0.119. The molecule has 1 saturated heterocycles. The van der Waals surface area contributed by atoms with Gasteiger partial charge in [-0.25, -0.2) is 0 Å². The van der Waals surface area contributed by atoms with Gasteiger partial charge in [0.15, 0.2) is 0 Å². The maximum atomic E-state index is 12.8. The van der Waals surface area contributed by atoms with Gasteiger partial charge >= 0.3 is 12.1 Å². The zero-order valence-corrected chi connectivity index (χ0v) is 20.5. The van der Waals surface area contributed by atoms with Crippen LogP contribution in [0.15, 0.2) is 0 Å². The number of hydrogen-bond acceptors (Lipinski definition) is 2. The highest BCUT2D eigenvalue weighted by atomic mass is 19.4. The molecule has 1 heterocycles. The summed E-state index contributed by atoms with van der Waals surface area (Å²) in [7, 11) is 0. The van der Waals surface area contributed by atoms with Crippen LogP contribution in [0.1, 0.15) is 128 Å². The molecule has 33 heavy (non-hydrogen) atoms. The Labute approximate surface area is 198 Å². The SMILES string of the molecule is FC(F)(F)C(F)(F)CCCCCCCCCCCCCCCCCOCCC1CCCCO1. The van der Waals surface area contributed by atoms with Crippen molar-refractivity contribution in [2.75, 3.05) is 19.8 Å². The van der Waals surface area contributed by atoms with Gasteiger partial charge < -0.3 is 9.47 Å². The summed E-state index contributed by atoms with van der Waals surface area (Å²) in [6.07, 6.45) is 14.1. The van der Waals surface area contributed by atoms with Crippen molar-refractivity contribution < 1.29 is 31.4 Å². The molecule has 0 aromatic heterocycles. The number of halogens is 5. The molecule has 198 valence electrons. The fourth-order valence-corrected chi connectivity index (χ4v) is 4.34. The molecule has 0 aliphatic carbocycles. The highest BCUT2D eigenvalue weighted by molar-refractivity contribution is 4.75. The second kappa shape index (κ2) is 18.8. The van der Waals surface area contributed by atoms with E-state index < -0.39 is 18.5 Å². The molecule has 1 aliphatic heterocycles. The minimum Gasteiger partial charge on any atom is -0.381 e. The van der Waals surface area contributed by atoms with E-state index in [-0.39, 0.29) is 6.42 Å². The van der Waals surface area contributed by atoms with E-state index in [1.807, 2.05) is 0 Å². The number of ether oxygens (including phenoxy) is 2. The number of hydrogen-bond donors (Lipinski definition) is 0. The second-order valence-electron chi connectivity index (χ2n) is 9.65. The van der Waals surface area contributed by atoms with E-state index in [2.05, 4.69) is 0 Å². The van der Waals surface area contributed by atoms with Crippen molar-refractivity contribution in [2.24, 2.45) is 0 Å². The fourth-order valence-electron chi connectivity index (χ4n) is 4.34. The lowest BCUT2D eigenvalue weighted by atomic mass is 10.0. The summed E-state index contributed by atoms with van der Waals surface area (Å²) in [5.41, 5.74) is 0. The summed E-state index contributed by atoms with van der Waals surface area (Å²) < 4.78 is 73.2. The minimum absolute atomic E-state index is 0.0601. The maximum Gasteiger partial charge on any atom is 0.453 e. The van der Waals surface area contributed by atoms with Gasteiger partial charge in [0.25, 0.3) is 0 Å². The van der Waals surface area contributed by atoms with Gasteiger partial charge in [0.2, 0.25) is 0 Å². The Kier molecular flexibility index (Phi) is 17.5. The second-order valence-corrected chi connectivity index (χ2v) is 9.65.